The van der Waals surface area contributed by atoms with Crippen molar-refractivity contribution in [2.75, 3.05) is 54.7 Å². The Balaban J connectivity index is 1.33. The quantitative estimate of drug-likeness (QED) is 0.190. The summed E-state index contributed by atoms with van der Waals surface area (Å²) in [7, 11) is 6.66. The first kappa shape index (κ1) is 54.6. The Morgan fingerprint density at radius 1 is 0.942 bits per heavy atom. The molecule has 1 saturated carbocycles. The van der Waals surface area contributed by atoms with Gasteiger partial charge >= 0.3 is 5.97 Å². The van der Waals surface area contributed by atoms with Gasteiger partial charge in [-0.15, -0.1) is 0 Å². The molecule has 4 heterocycles. The van der Waals surface area contributed by atoms with Crippen molar-refractivity contribution in [3.63, 3.8) is 0 Å². The molecule has 1 aromatic heterocycles. The van der Waals surface area contributed by atoms with E-state index >= 15 is 0 Å². The Labute approximate surface area is 407 Å². The first-order valence-corrected chi connectivity index (χ1v) is 24.6. The van der Waals surface area contributed by atoms with Crippen LogP contribution in [0.15, 0.2) is 65.5 Å². The Kier molecular flexibility index (Phi) is 20.7. The number of aromatic nitrogens is 1. The predicted octanol–water partition coefficient (Wildman–Crippen LogP) is 4.96. The number of likely N-dealkylation sites (N-methyl/N-ethyl adjacent to an activating group) is 1. The number of rotatable bonds is 12. The van der Waals surface area contributed by atoms with Crippen molar-refractivity contribution >= 4 is 28.4 Å². The number of carbonyl (C=O) groups excluding carboxylic acids is 2. The summed E-state index contributed by atoms with van der Waals surface area (Å²) in [6.07, 6.45) is 0.684. The summed E-state index contributed by atoms with van der Waals surface area (Å²) in [6.45, 7) is 9.98. The molecule has 17 nitrogen and oxygen atoms in total. The molecule has 2 bridgehead atoms. The van der Waals surface area contributed by atoms with Crippen LogP contribution >= 0.6 is 0 Å². The van der Waals surface area contributed by atoms with Crippen molar-refractivity contribution in [3.05, 3.63) is 65.9 Å². The van der Waals surface area contributed by atoms with Gasteiger partial charge in [0.05, 0.1) is 74.4 Å². The number of nitrogens with zero attached hydrogens (tertiary/aromatic N) is 3. The predicted molar refractivity (Wildman–Crippen MR) is 257 cm³/mol. The number of benzene rings is 1. The van der Waals surface area contributed by atoms with Gasteiger partial charge in [-0.3, -0.25) is 14.6 Å². The SMILES string of the molecule is CC[C@H]1OC(=O)C[C@H]2OC/C(=N/OCc3cnc4ccccc4c3)COCCC(C[C@@H](C)C(=O)/C=C/C(C)=C/[C@@H]1CO[C@@H]1CC[C@@H](O)[C@@H](OC)[C@H]1OC)[C@H](O[C@@H]1O[C@H](C)[C@@H](O)[C@H](N(C)C)[C@H]1O)[C@H]2C. The number of aliphatic hydroxyl groups excluding tert-OH is 3. The minimum atomic E-state index is -1.25. The fraction of sp³-hybridized carbons (Fsp3) is 0.692. The molecule has 0 radical (unpaired) electrons. The number of ketones is 1. The molecule has 3 N–H and O–H groups in total. The molecule has 16 atom stereocenters. The number of pyridine rings is 1. The van der Waals surface area contributed by atoms with E-state index in [2.05, 4.69) is 10.1 Å². The van der Waals surface area contributed by atoms with Crippen LogP contribution < -0.4 is 0 Å². The van der Waals surface area contributed by atoms with Crippen LogP contribution in [0.25, 0.3) is 10.9 Å². The van der Waals surface area contributed by atoms with E-state index in [4.69, 9.17) is 42.7 Å². The van der Waals surface area contributed by atoms with Gasteiger partial charge in [-0.1, -0.05) is 61.9 Å². The van der Waals surface area contributed by atoms with E-state index in [0.717, 1.165) is 22.0 Å². The van der Waals surface area contributed by atoms with Crippen molar-refractivity contribution in [2.24, 2.45) is 28.8 Å². The summed E-state index contributed by atoms with van der Waals surface area (Å²) in [6, 6.07) is 9.12. The Morgan fingerprint density at radius 2 is 1.71 bits per heavy atom. The molecule has 2 saturated heterocycles. The summed E-state index contributed by atoms with van der Waals surface area (Å²) in [4.78, 5) is 40.7. The van der Waals surface area contributed by atoms with Crippen LogP contribution in [-0.2, 0) is 58.9 Å². The molecule has 0 spiro atoms. The molecule has 4 aliphatic rings. The monoisotopic (exact) mass is 968 g/mol. The molecule has 1 aromatic carbocycles. The van der Waals surface area contributed by atoms with Gasteiger partial charge in [0.1, 0.15) is 36.7 Å². The topological polar surface area (TPSA) is 206 Å². The highest BCUT2D eigenvalue weighted by Crippen LogP contribution is 2.36. The molecule has 3 aliphatic heterocycles. The smallest absolute Gasteiger partial charge is 0.308 e. The molecule has 384 valence electrons. The van der Waals surface area contributed by atoms with Crippen molar-refractivity contribution in [1.29, 1.82) is 0 Å². The minimum Gasteiger partial charge on any atom is -0.462 e. The molecule has 17 heteroatoms. The number of cyclic esters (lactones) is 1. The lowest BCUT2D eigenvalue weighted by Gasteiger charge is -2.47. The van der Waals surface area contributed by atoms with E-state index in [1.807, 2.05) is 64.1 Å². The number of esters is 1. The number of para-hydroxylation sites is 1. The molecule has 2 aromatic rings. The van der Waals surface area contributed by atoms with E-state index in [9.17, 15) is 24.9 Å². The lowest BCUT2D eigenvalue weighted by Crippen LogP contribution is -2.63. The Hall–Kier alpha value is -3.72. The second kappa shape index (κ2) is 26.1. The van der Waals surface area contributed by atoms with Crippen LogP contribution in [0.3, 0.4) is 0 Å². The van der Waals surface area contributed by atoms with Gasteiger partial charge in [-0.25, -0.2) is 0 Å². The first-order chi connectivity index (χ1) is 33.1. The number of carbonyl (C=O) groups is 2. The van der Waals surface area contributed by atoms with E-state index in [-0.39, 0.29) is 51.2 Å². The molecule has 0 amide bonds. The van der Waals surface area contributed by atoms with Gasteiger partial charge in [-0.2, -0.15) is 0 Å². The molecule has 1 aliphatic carbocycles. The van der Waals surface area contributed by atoms with Crippen molar-refractivity contribution in [1.82, 2.24) is 9.88 Å². The lowest BCUT2D eigenvalue weighted by molar-refractivity contribution is -0.305. The average molecular weight is 968 g/mol. The van der Waals surface area contributed by atoms with Gasteiger partial charge in [0.2, 0.25) is 0 Å². The zero-order chi connectivity index (χ0) is 49.8. The number of ether oxygens (including phenoxy) is 8. The summed E-state index contributed by atoms with van der Waals surface area (Å²) < 4.78 is 50.4. The van der Waals surface area contributed by atoms with Crippen LogP contribution in [0.1, 0.15) is 78.7 Å². The van der Waals surface area contributed by atoms with Crippen molar-refractivity contribution in [2.45, 2.75) is 153 Å². The summed E-state index contributed by atoms with van der Waals surface area (Å²) in [5.41, 5.74) is 2.94. The van der Waals surface area contributed by atoms with Gasteiger partial charge in [0.15, 0.2) is 12.1 Å². The maximum absolute atomic E-state index is 14.5. The summed E-state index contributed by atoms with van der Waals surface area (Å²) >= 11 is 0. The van der Waals surface area contributed by atoms with Crippen molar-refractivity contribution < 1.29 is 67.6 Å². The number of methoxy groups -OCH3 is 2. The highest BCUT2D eigenvalue weighted by Gasteiger charge is 2.48. The third-order valence-corrected chi connectivity index (χ3v) is 14.2. The number of hydrogen-bond acceptors (Lipinski definition) is 17. The summed E-state index contributed by atoms with van der Waals surface area (Å²) in [5, 5.41) is 38.9. The highest BCUT2D eigenvalue weighted by molar-refractivity contribution is 5.91. The maximum atomic E-state index is 14.5. The number of fused-ring (bicyclic) bond motifs is 4. The molecule has 69 heavy (non-hydrogen) atoms. The van der Waals surface area contributed by atoms with Crippen molar-refractivity contribution in [3.8, 4) is 0 Å². The average Bonchev–Trinajstić information content (AvgIpc) is 3.35. The summed E-state index contributed by atoms with van der Waals surface area (Å²) in [5.74, 6) is -2.41. The largest absolute Gasteiger partial charge is 0.462 e. The molecular formula is C52H77N3O14. The van der Waals surface area contributed by atoms with Gasteiger partial charge in [0.25, 0.3) is 0 Å². The second-order valence-corrected chi connectivity index (χ2v) is 19.5. The van der Waals surface area contributed by atoms with Crippen LogP contribution in [0.2, 0.25) is 0 Å². The van der Waals surface area contributed by atoms with E-state index in [1.54, 1.807) is 51.4 Å². The van der Waals surface area contributed by atoms with Gasteiger partial charge in [0, 0.05) is 55.7 Å². The normalized spacial score (nSPS) is 37.8. The lowest BCUT2D eigenvalue weighted by atomic mass is 9.79. The number of aliphatic hydroxyl groups is 3. The number of oxime groups is 1. The van der Waals surface area contributed by atoms with Crippen LogP contribution in [0, 0.1) is 23.7 Å². The van der Waals surface area contributed by atoms with E-state index in [0.29, 0.717) is 37.8 Å². The zero-order valence-electron chi connectivity index (χ0n) is 41.9. The van der Waals surface area contributed by atoms with Crippen LogP contribution in [0.5, 0.6) is 0 Å². The standard InChI is InChI=1S/C52H77N3O14/c1-10-42-37(27-64-43-18-17-41(57)50(61-8)51(43)62-9)21-30(2)15-16-40(56)31(3)22-36-19-20-63-28-38(54-66-26-34-23-35-13-11-12-14-39(35)53-25-34)29-65-44(24-45(58)68-42)32(4)49(36)69-52-48(60)46(55(6)7)47(59)33(5)67-52/h11-16,21,23,25,31-33,36-37,41-44,46-52,57,59-60H,10,17-20,22,24,26-29H2,1-9H3/b16-15+,30-21+,54-38+/t31-,32+,33-,36?,37-,41-,42-,43-,44-,46+,47-,48-,49-,50-,51+,52+/m1/s1. The van der Waals surface area contributed by atoms with Gasteiger partial charge < -0.3 is 63.0 Å². The zero-order valence-corrected chi connectivity index (χ0v) is 41.9. The molecule has 3 fully saturated rings. The third-order valence-electron chi connectivity index (χ3n) is 14.2. The molecule has 1 unspecified atom stereocenters. The van der Waals surface area contributed by atoms with Crippen LogP contribution in [0.4, 0.5) is 0 Å². The molecular weight excluding hydrogens is 891 g/mol. The van der Waals surface area contributed by atoms with Crippen LogP contribution in [-0.4, -0.2) is 171 Å². The Morgan fingerprint density at radius 3 is 2.45 bits per heavy atom. The fourth-order valence-corrected chi connectivity index (χ4v) is 10.2. The number of allylic oxidation sites excluding steroid dienone is 3. The fourth-order valence-electron chi connectivity index (χ4n) is 10.2. The maximum Gasteiger partial charge on any atom is 0.308 e. The first-order valence-electron chi connectivity index (χ1n) is 24.6. The Bertz CT molecular complexity index is 2050. The minimum absolute atomic E-state index is 0.0569. The number of hydrogen-bond donors (Lipinski definition) is 3. The van der Waals surface area contributed by atoms with E-state index < -0.39 is 97.1 Å². The second-order valence-electron chi connectivity index (χ2n) is 19.5. The highest BCUT2D eigenvalue weighted by atomic mass is 16.7. The van der Waals surface area contributed by atoms with E-state index in [1.165, 1.54) is 7.11 Å². The third kappa shape index (κ3) is 14.5. The molecule has 6 rings (SSSR count). The van der Waals surface area contributed by atoms with Gasteiger partial charge in [-0.05, 0) is 84.2 Å².